The first-order valence-electron chi connectivity index (χ1n) is 16.0. The van der Waals surface area contributed by atoms with E-state index in [0.717, 1.165) is 48.7 Å². The summed E-state index contributed by atoms with van der Waals surface area (Å²) in [5, 5.41) is 0. The topological polar surface area (TPSA) is 40.6 Å². The van der Waals surface area contributed by atoms with Crippen molar-refractivity contribution in [1.29, 1.82) is 0 Å². The standard InChI is InChI=1S/C36H48N2O2S8/c39-35(37(45(41)27-31-17-7-3-8-18-31)46(42)28-32-19-9-4-10-20-32)25-15-1-2-16-26-36(40)38(47(43)29-33-21-11-5-12-22-33)48(44)30-34-23-13-6-14-24-34/h3-14,17-24,41-48H,1-2,15-16,25-30H2. The summed E-state index contributed by atoms with van der Waals surface area (Å²) in [6.07, 6.45) is 4.24. The number of thiol groups is 8. The highest BCUT2D eigenvalue weighted by Gasteiger charge is 2.25. The van der Waals surface area contributed by atoms with Gasteiger partial charge in [-0.05, 0) is 35.1 Å². The van der Waals surface area contributed by atoms with E-state index in [9.17, 15) is 9.59 Å². The van der Waals surface area contributed by atoms with Gasteiger partial charge in [-0.15, -0.1) is 87.1 Å². The Bertz CT molecular complexity index is 1300. The van der Waals surface area contributed by atoms with Gasteiger partial charge in [0.25, 0.3) is 0 Å². The molecule has 4 nitrogen and oxygen atoms in total. The van der Waals surface area contributed by atoms with Gasteiger partial charge in [0, 0.05) is 35.9 Å². The predicted octanol–water partition coefficient (Wildman–Crippen LogP) is 10.8. The minimum atomic E-state index is -1.02. The molecule has 4 atom stereocenters. The monoisotopic (exact) mass is 796 g/mol. The number of benzene rings is 4. The lowest BCUT2D eigenvalue weighted by Gasteiger charge is -2.38. The van der Waals surface area contributed by atoms with Crippen LogP contribution < -0.4 is 0 Å². The van der Waals surface area contributed by atoms with Crippen molar-refractivity contribution in [3.8, 4) is 0 Å². The molecule has 0 spiro atoms. The summed E-state index contributed by atoms with van der Waals surface area (Å²) in [4.78, 5) is 27.3. The number of rotatable bonds is 19. The molecule has 0 aromatic heterocycles. The molecule has 4 rings (SSSR count). The Labute approximate surface area is 318 Å². The number of amides is 2. The van der Waals surface area contributed by atoms with Gasteiger partial charge in [-0.25, -0.2) is 0 Å². The van der Waals surface area contributed by atoms with Gasteiger partial charge in [0.15, 0.2) is 0 Å². The van der Waals surface area contributed by atoms with Gasteiger partial charge >= 0.3 is 0 Å². The van der Waals surface area contributed by atoms with Crippen molar-refractivity contribution in [3.63, 3.8) is 0 Å². The quantitative estimate of drug-likeness (QED) is 0.0277. The molecule has 262 valence electrons. The Morgan fingerprint density at radius 1 is 0.396 bits per heavy atom. The van der Waals surface area contributed by atoms with Gasteiger partial charge in [-0.1, -0.05) is 134 Å². The number of hydrogen-bond acceptors (Lipinski definition) is 6. The highest BCUT2D eigenvalue weighted by molar-refractivity contribution is 8.86. The van der Waals surface area contributed by atoms with Crippen molar-refractivity contribution in [2.24, 2.45) is 0 Å². The highest BCUT2D eigenvalue weighted by Crippen LogP contribution is 2.55. The van der Waals surface area contributed by atoms with E-state index in [-0.39, 0.29) is 11.8 Å². The largest absolute Gasteiger partial charge is 0.273 e. The second-order valence-corrected chi connectivity index (χ2v) is 23.4. The molecule has 0 N–H and O–H groups in total. The first-order chi connectivity index (χ1) is 23.3. The molecule has 0 saturated heterocycles. The molecule has 0 bridgehead atoms. The maximum atomic E-state index is 13.7. The van der Waals surface area contributed by atoms with E-state index >= 15 is 0 Å². The molecule has 4 unspecified atom stereocenters. The second kappa shape index (κ2) is 21.8. The number of carbonyl (C=O) groups excluding carboxylic acids is 2. The maximum absolute atomic E-state index is 13.7. The minimum absolute atomic E-state index is 0.120. The molecule has 48 heavy (non-hydrogen) atoms. The van der Waals surface area contributed by atoms with Crippen LogP contribution in [0.2, 0.25) is 0 Å². The lowest BCUT2D eigenvalue weighted by atomic mass is 10.1. The van der Waals surface area contributed by atoms with Gasteiger partial charge in [0.05, 0.1) is 0 Å². The van der Waals surface area contributed by atoms with E-state index in [1.807, 2.05) is 80.2 Å². The predicted molar refractivity (Wildman–Crippen MR) is 234 cm³/mol. The molecule has 4 aromatic rings. The smallest absolute Gasteiger partial charge is 0.240 e. The number of hydrogen-bond donors (Lipinski definition) is 8. The minimum Gasteiger partial charge on any atom is -0.273 e. The Morgan fingerprint density at radius 3 is 0.854 bits per heavy atom. The fourth-order valence-electron chi connectivity index (χ4n) is 5.11. The van der Waals surface area contributed by atoms with E-state index in [1.54, 1.807) is 0 Å². The van der Waals surface area contributed by atoms with Crippen molar-refractivity contribution >= 4 is 98.9 Å². The molecule has 4 aromatic carbocycles. The van der Waals surface area contributed by atoms with Crippen molar-refractivity contribution in [2.45, 2.75) is 61.5 Å². The number of unbranched alkanes of at least 4 members (excludes halogenated alkanes) is 3. The lowest BCUT2D eigenvalue weighted by molar-refractivity contribution is -0.124. The number of nitrogens with zero attached hydrogens (tertiary/aromatic N) is 2. The van der Waals surface area contributed by atoms with Gasteiger partial charge in [-0.2, -0.15) is 0 Å². The molecule has 0 aliphatic rings. The molecular weight excluding hydrogens is 749 g/mol. The van der Waals surface area contributed by atoms with Crippen LogP contribution in [-0.2, 0) is 32.6 Å². The third kappa shape index (κ3) is 13.4. The van der Waals surface area contributed by atoms with Crippen LogP contribution in [0.1, 0.15) is 60.8 Å². The SMILES string of the molecule is O=C(CCCCCCC(=O)N([SH](S)Cc1ccccc1)[SH](S)Cc1ccccc1)N([SH](S)Cc1ccccc1)[SH](S)Cc1ccccc1. The molecule has 0 radical (unpaired) electrons. The van der Waals surface area contributed by atoms with E-state index < -0.39 is 40.5 Å². The molecular formula is C36H48N2O2S8. The molecule has 2 amide bonds. The summed E-state index contributed by atoms with van der Waals surface area (Å²) in [7, 11) is -4.08. The van der Waals surface area contributed by atoms with Crippen molar-refractivity contribution in [2.75, 3.05) is 0 Å². The zero-order valence-corrected chi connectivity index (χ0v) is 34.1. The normalized spacial score (nSPS) is 15.2. The zero-order chi connectivity index (χ0) is 34.1. The van der Waals surface area contributed by atoms with Crippen LogP contribution in [0.5, 0.6) is 0 Å². The summed E-state index contributed by atoms with van der Waals surface area (Å²) >= 11 is 19.9. The summed E-state index contributed by atoms with van der Waals surface area (Å²) in [6, 6.07) is 40.9. The van der Waals surface area contributed by atoms with Crippen LogP contribution in [0.3, 0.4) is 0 Å². The molecule has 0 heterocycles. The Kier molecular flexibility index (Phi) is 17.9. The molecule has 0 aliphatic carbocycles. The second-order valence-electron chi connectivity index (χ2n) is 11.3. The summed E-state index contributed by atoms with van der Waals surface area (Å²) in [5.41, 5.74) is 4.70. The van der Waals surface area contributed by atoms with Crippen molar-refractivity contribution < 1.29 is 9.59 Å². The van der Waals surface area contributed by atoms with E-state index in [1.165, 1.54) is 22.3 Å². The molecule has 12 heteroatoms. The van der Waals surface area contributed by atoms with E-state index in [4.69, 9.17) is 46.6 Å². The molecule has 0 fully saturated rings. The summed E-state index contributed by atoms with van der Waals surface area (Å²) in [6.45, 7) is 0. The average Bonchev–Trinajstić information content (AvgIpc) is 3.08. The fourth-order valence-corrected chi connectivity index (χ4v) is 19.7. The van der Waals surface area contributed by atoms with E-state index in [0.29, 0.717) is 12.8 Å². The van der Waals surface area contributed by atoms with Gasteiger partial charge in [0.2, 0.25) is 11.8 Å². The molecule has 0 saturated carbocycles. The average molecular weight is 797 g/mol. The molecule has 0 aliphatic heterocycles. The van der Waals surface area contributed by atoms with Crippen LogP contribution in [-0.4, -0.2) is 19.2 Å². The third-order valence-electron chi connectivity index (χ3n) is 7.52. The fraction of sp³-hybridized carbons (Fsp3) is 0.278. The first-order valence-corrected chi connectivity index (χ1v) is 26.5. The van der Waals surface area contributed by atoms with Crippen molar-refractivity contribution in [3.05, 3.63) is 144 Å². The van der Waals surface area contributed by atoms with Gasteiger partial charge in [0.1, 0.15) is 0 Å². The summed E-state index contributed by atoms with van der Waals surface area (Å²) in [5.74, 6) is 3.16. The van der Waals surface area contributed by atoms with Crippen LogP contribution >= 0.6 is 87.1 Å². The van der Waals surface area contributed by atoms with Crippen LogP contribution in [0.15, 0.2) is 121 Å². The zero-order valence-electron chi connectivity index (χ0n) is 26.9. The first kappa shape index (κ1) is 39.4. The Balaban J connectivity index is 1.30. The number of carbonyl (C=O) groups is 2. The Hall–Kier alpha value is -1.38. The van der Waals surface area contributed by atoms with Crippen LogP contribution in [0.4, 0.5) is 0 Å². The Morgan fingerprint density at radius 2 is 0.625 bits per heavy atom. The van der Waals surface area contributed by atoms with E-state index in [2.05, 4.69) is 48.5 Å². The third-order valence-corrected chi connectivity index (χ3v) is 20.9. The van der Waals surface area contributed by atoms with Crippen molar-refractivity contribution in [1.82, 2.24) is 7.42 Å². The maximum Gasteiger partial charge on any atom is 0.240 e. The van der Waals surface area contributed by atoms with Crippen LogP contribution in [0.25, 0.3) is 0 Å². The van der Waals surface area contributed by atoms with Crippen LogP contribution in [0, 0.1) is 0 Å². The summed E-state index contributed by atoms with van der Waals surface area (Å²) < 4.78 is 3.95. The highest BCUT2D eigenvalue weighted by atomic mass is 33.2. The lowest BCUT2D eigenvalue weighted by Crippen LogP contribution is -2.23. The van der Waals surface area contributed by atoms with Gasteiger partial charge < -0.3 is 0 Å². The van der Waals surface area contributed by atoms with Gasteiger partial charge in [-0.3, -0.25) is 17.0 Å².